The minimum Gasteiger partial charge on any atom is -0.309 e. The van der Waals surface area contributed by atoms with Crippen molar-refractivity contribution in [1.82, 2.24) is 24.7 Å². The second-order valence-corrected chi connectivity index (χ2v) is 9.18. The molecular weight excluding hydrogens is 390 g/mol. The molecule has 0 spiro atoms. The van der Waals surface area contributed by atoms with Gasteiger partial charge in [-0.1, -0.05) is 36.9 Å². The lowest BCUT2D eigenvalue weighted by molar-refractivity contribution is 0.509. The molecule has 5 rings (SSSR count). The highest BCUT2D eigenvalue weighted by atomic mass is 32.2. The van der Waals surface area contributed by atoms with Gasteiger partial charge in [0.2, 0.25) is 0 Å². The Bertz CT molecular complexity index is 1190. The number of H-pyrrole nitrogens is 1. The quantitative estimate of drug-likeness (QED) is 0.516. The second kappa shape index (κ2) is 7.18. The van der Waals surface area contributed by atoms with E-state index < -0.39 is 0 Å². The third-order valence-electron chi connectivity index (χ3n) is 5.10. The van der Waals surface area contributed by atoms with Crippen LogP contribution in [0, 0.1) is 5.92 Å². The number of thioether (sulfide) groups is 1. The summed E-state index contributed by atoms with van der Waals surface area (Å²) in [5, 5.41) is 9.81. The number of thiophene rings is 1. The number of hydrogen-bond acceptors (Lipinski definition) is 6. The van der Waals surface area contributed by atoms with Crippen molar-refractivity contribution >= 4 is 33.3 Å². The van der Waals surface area contributed by atoms with E-state index in [1.807, 2.05) is 34.9 Å². The maximum absolute atomic E-state index is 12.7. The van der Waals surface area contributed by atoms with E-state index in [0.29, 0.717) is 17.5 Å². The smallest absolute Gasteiger partial charge is 0.259 e. The van der Waals surface area contributed by atoms with Gasteiger partial charge in [-0.05, 0) is 42.9 Å². The predicted molar refractivity (Wildman–Crippen MR) is 112 cm³/mol. The summed E-state index contributed by atoms with van der Waals surface area (Å²) in [7, 11) is 0. The maximum Gasteiger partial charge on any atom is 0.259 e. The molecular formula is C20H19N5OS2. The number of para-hydroxylation sites is 1. The van der Waals surface area contributed by atoms with Crippen molar-refractivity contribution in [3.05, 3.63) is 63.3 Å². The number of benzene rings is 1. The van der Waals surface area contributed by atoms with Crippen molar-refractivity contribution in [3.8, 4) is 5.69 Å². The first-order valence-electron chi connectivity index (χ1n) is 9.30. The standard InChI is InChI=1S/C20H19N5OS2/c1-12-7-8-14-15(9-12)28-19-17(14)18(26)22-16(23-19)10-27-20-24-21-11-25(20)13-5-3-2-4-6-13/h2-6,11-12H,7-10H2,1H3,(H,22,23,26)/t12-/m1/s1. The summed E-state index contributed by atoms with van der Waals surface area (Å²) in [6.45, 7) is 2.27. The van der Waals surface area contributed by atoms with Crippen LogP contribution >= 0.6 is 23.1 Å². The van der Waals surface area contributed by atoms with Gasteiger partial charge in [0, 0.05) is 10.6 Å². The first-order valence-corrected chi connectivity index (χ1v) is 11.1. The van der Waals surface area contributed by atoms with Crippen molar-refractivity contribution < 1.29 is 0 Å². The Morgan fingerprint density at radius 1 is 1.32 bits per heavy atom. The van der Waals surface area contributed by atoms with Crippen molar-refractivity contribution in [1.29, 1.82) is 0 Å². The monoisotopic (exact) mass is 409 g/mol. The highest BCUT2D eigenvalue weighted by molar-refractivity contribution is 7.98. The minimum atomic E-state index is -0.0165. The molecule has 0 saturated carbocycles. The van der Waals surface area contributed by atoms with Gasteiger partial charge in [-0.15, -0.1) is 21.5 Å². The Hall–Kier alpha value is -2.45. The summed E-state index contributed by atoms with van der Waals surface area (Å²) in [5.74, 6) is 1.89. The van der Waals surface area contributed by atoms with Gasteiger partial charge in [0.15, 0.2) is 5.16 Å². The molecule has 0 fully saturated rings. The third-order valence-corrected chi connectivity index (χ3v) is 7.21. The number of aromatic amines is 1. The Morgan fingerprint density at radius 3 is 3.04 bits per heavy atom. The molecule has 6 nitrogen and oxygen atoms in total. The number of hydrogen-bond donors (Lipinski definition) is 1. The van der Waals surface area contributed by atoms with Gasteiger partial charge in [0.1, 0.15) is 17.0 Å². The van der Waals surface area contributed by atoms with Gasteiger partial charge in [-0.3, -0.25) is 9.36 Å². The Labute approximate surface area is 170 Å². The van der Waals surface area contributed by atoms with Crippen LogP contribution in [0.2, 0.25) is 0 Å². The molecule has 1 N–H and O–H groups in total. The molecule has 0 aliphatic heterocycles. The van der Waals surface area contributed by atoms with E-state index in [4.69, 9.17) is 4.98 Å². The molecule has 8 heteroatoms. The van der Waals surface area contributed by atoms with Gasteiger partial charge < -0.3 is 4.98 Å². The van der Waals surface area contributed by atoms with E-state index in [0.717, 1.165) is 40.3 Å². The fourth-order valence-electron chi connectivity index (χ4n) is 3.68. The van der Waals surface area contributed by atoms with E-state index >= 15 is 0 Å². The molecule has 1 aliphatic carbocycles. The highest BCUT2D eigenvalue weighted by Gasteiger charge is 2.23. The molecule has 0 amide bonds. The summed E-state index contributed by atoms with van der Waals surface area (Å²) in [6, 6.07) is 9.96. The zero-order valence-electron chi connectivity index (χ0n) is 15.4. The first-order chi connectivity index (χ1) is 13.7. The van der Waals surface area contributed by atoms with Gasteiger partial charge in [-0.25, -0.2) is 4.98 Å². The number of rotatable bonds is 4. The maximum atomic E-state index is 12.7. The average molecular weight is 410 g/mol. The van der Waals surface area contributed by atoms with Crippen LogP contribution in [0.3, 0.4) is 0 Å². The van der Waals surface area contributed by atoms with Crippen LogP contribution in [0.15, 0.2) is 46.6 Å². The molecule has 4 aromatic rings. The molecule has 142 valence electrons. The fourth-order valence-corrected chi connectivity index (χ4v) is 5.88. The van der Waals surface area contributed by atoms with E-state index in [2.05, 4.69) is 22.1 Å². The summed E-state index contributed by atoms with van der Waals surface area (Å²) in [6.07, 6.45) is 4.88. The van der Waals surface area contributed by atoms with E-state index in [9.17, 15) is 4.79 Å². The average Bonchev–Trinajstić information content (AvgIpc) is 3.30. The fraction of sp³-hybridized carbons (Fsp3) is 0.300. The molecule has 0 radical (unpaired) electrons. The number of nitrogens with one attached hydrogen (secondary N) is 1. The summed E-state index contributed by atoms with van der Waals surface area (Å²) in [4.78, 5) is 22.7. The molecule has 0 unspecified atom stereocenters. The number of aryl methyl sites for hydroxylation is 1. The molecule has 3 aromatic heterocycles. The SMILES string of the molecule is C[C@@H]1CCc2c(sc3nc(CSc4nncn4-c4ccccc4)[nH]c(=O)c23)C1. The minimum absolute atomic E-state index is 0.0165. The van der Waals surface area contributed by atoms with Crippen molar-refractivity contribution in [2.45, 2.75) is 37.1 Å². The van der Waals surface area contributed by atoms with Crippen LogP contribution < -0.4 is 5.56 Å². The lowest BCUT2D eigenvalue weighted by Crippen LogP contribution is -2.14. The van der Waals surface area contributed by atoms with Gasteiger partial charge in [-0.2, -0.15) is 0 Å². The zero-order chi connectivity index (χ0) is 19.1. The van der Waals surface area contributed by atoms with E-state index in [1.54, 1.807) is 17.7 Å². The Balaban J connectivity index is 1.43. The zero-order valence-corrected chi connectivity index (χ0v) is 17.0. The van der Waals surface area contributed by atoms with Crippen LogP contribution in [-0.4, -0.2) is 24.7 Å². The van der Waals surface area contributed by atoms with E-state index in [-0.39, 0.29) is 5.56 Å². The third kappa shape index (κ3) is 3.16. The first kappa shape index (κ1) is 17.6. The van der Waals surface area contributed by atoms with Crippen LogP contribution in [0.25, 0.3) is 15.9 Å². The molecule has 1 atom stereocenters. The van der Waals surface area contributed by atoms with Crippen LogP contribution in [0.4, 0.5) is 0 Å². The predicted octanol–water partition coefficient (Wildman–Crippen LogP) is 3.98. The van der Waals surface area contributed by atoms with Crippen molar-refractivity contribution in [2.75, 3.05) is 0 Å². The molecule has 1 aromatic carbocycles. The van der Waals surface area contributed by atoms with Crippen LogP contribution in [0.5, 0.6) is 0 Å². The summed E-state index contributed by atoms with van der Waals surface area (Å²) >= 11 is 3.20. The normalized spacial score (nSPS) is 16.4. The highest BCUT2D eigenvalue weighted by Crippen LogP contribution is 2.35. The number of nitrogens with zero attached hydrogens (tertiary/aromatic N) is 4. The molecule has 0 bridgehead atoms. The van der Waals surface area contributed by atoms with Crippen LogP contribution in [-0.2, 0) is 18.6 Å². The van der Waals surface area contributed by atoms with Gasteiger partial charge >= 0.3 is 0 Å². The van der Waals surface area contributed by atoms with E-state index in [1.165, 1.54) is 22.2 Å². The van der Waals surface area contributed by atoms with Gasteiger partial charge in [0.05, 0.1) is 11.1 Å². The van der Waals surface area contributed by atoms with Crippen molar-refractivity contribution in [2.24, 2.45) is 5.92 Å². The van der Waals surface area contributed by atoms with Crippen molar-refractivity contribution in [3.63, 3.8) is 0 Å². The number of aromatic nitrogens is 5. The van der Waals surface area contributed by atoms with Gasteiger partial charge in [0.25, 0.3) is 5.56 Å². The summed E-state index contributed by atoms with van der Waals surface area (Å²) in [5.41, 5.74) is 2.21. The second-order valence-electron chi connectivity index (χ2n) is 7.15. The molecule has 0 saturated heterocycles. The lowest BCUT2D eigenvalue weighted by Gasteiger charge is -2.17. The molecule has 1 aliphatic rings. The Kier molecular flexibility index (Phi) is 4.52. The largest absolute Gasteiger partial charge is 0.309 e. The molecule has 28 heavy (non-hydrogen) atoms. The van der Waals surface area contributed by atoms with Crippen LogP contribution in [0.1, 0.15) is 29.6 Å². The topological polar surface area (TPSA) is 76.5 Å². The Morgan fingerprint density at radius 2 is 2.18 bits per heavy atom. The number of fused-ring (bicyclic) bond motifs is 3. The lowest BCUT2D eigenvalue weighted by atomic mass is 9.89. The molecule has 3 heterocycles. The summed E-state index contributed by atoms with van der Waals surface area (Å²) < 4.78 is 1.94.